The molecule has 0 fully saturated rings. The van der Waals surface area contributed by atoms with E-state index in [4.69, 9.17) is 4.42 Å². The van der Waals surface area contributed by atoms with Crippen LogP contribution >= 0.6 is 0 Å². The molecule has 0 saturated heterocycles. The molecule has 0 aliphatic rings. The largest absolute Gasteiger partial charge is 0.463 e. The molecule has 0 radical (unpaired) electrons. The van der Waals surface area contributed by atoms with Crippen molar-refractivity contribution in [2.24, 2.45) is 0 Å². The molecule has 0 bridgehead atoms. The van der Waals surface area contributed by atoms with Gasteiger partial charge in [-0.15, -0.1) is 0 Å². The fourth-order valence-electron chi connectivity index (χ4n) is 1.61. The van der Waals surface area contributed by atoms with Crippen LogP contribution in [0, 0.1) is 0 Å². The SMILES string of the molecule is CCc1ccc(C(O)Cc2cccnc2)o1. The van der Waals surface area contributed by atoms with Gasteiger partial charge in [0.25, 0.3) is 0 Å². The summed E-state index contributed by atoms with van der Waals surface area (Å²) in [6.07, 6.45) is 4.26. The monoisotopic (exact) mass is 217 g/mol. The normalized spacial score (nSPS) is 12.6. The summed E-state index contributed by atoms with van der Waals surface area (Å²) >= 11 is 0. The Bertz CT molecular complexity index is 436. The lowest BCUT2D eigenvalue weighted by Crippen LogP contribution is -2.00. The highest BCUT2D eigenvalue weighted by molar-refractivity contribution is 5.15. The third kappa shape index (κ3) is 2.49. The van der Waals surface area contributed by atoms with Crippen molar-refractivity contribution in [2.45, 2.75) is 25.9 Å². The number of hydrogen-bond acceptors (Lipinski definition) is 3. The molecule has 3 nitrogen and oxygen atoms in total. The first kappa shape index (κ1) is 10.9. The minimum atomic E-state index is -0.593. The Morgan fingerprint density at radius 2 is 2.25 bits per heavy atom. The molecule has 2 aromatic heterocycles. The lowest BCUT2D eigenvalue weighted by Gasteiger charge is -2.07. The van der Waals surface area contributed by atoms with Crippen molar-refractivity contribution < 1.29 is 9.52 Å². The highest BCUT2D eigenvalue weighted by atomic mass is 16.4. The highest BCUT2D eigenvalue weighted by Crippen LogP contribution is 2.20. The maximum Gasteiger partial charge on any atom is 0.133 e. The van der Waals surface area contributed by atoms with E-state index in [1.807, 2.05) is 31.2 Å². The molecule has 84 valence electrons. The van der Waals surface area contributed by atoms with Crippen LogP contribution in [0.4, 0.5) is 0 Å². The van der Waals surface area contributed by atoms with Crippen LogP contribution in [-0.4, -0.2) is 10.1 Å². The van der Waals surface area contributed by atoms with E-state index in [1.54, 1.807) is 12.4 Å². The molecule has 0 aliphatic heterocycles. The Labute approximate surface area is 94.8 Å². The number of rotatable bonds is 4. The Balaban J connectivity index is 2.05. The number of aryl methyl sites for hydroxylation is 1. The summed E-state index contributed by atoms with van der Waals surface area (Å²) in [4.78, 5) is 4.01. The molecule has 0 amide bonds. The van der Waals surface area contributed by atoms with Gasteiger partial charge in [0.05, 0.1) is 0 Å². The number of nitrogens with zero attached hydrogens (tertiary/aromatic N) is 1. The summed E-state index contributed by atoms with van der Waals surface area (Å²) in [6, 6.07) is 7.54. The molecule has 1 atom stereocenters. The zero-order valence-corrected chi connectivity index (χ0v) is 9.26. The van der Waals surface area contributed by atoms with Crippen LogP contribution in [0.1, 0.15) is 30.1 Å². The summed E-state index contributed by atoms with van der Waals surface area (Å²) in [5.74, 6) is 1.53. The molecule has 2 heterocycles. The van der Waals surface area contributed by atoms with Gasteiger partial charge in [-0.1, -0.05) is 13.0 Å². The molecule has 1 N–H and O–H groups in total. The lowest BCUT2D eigenvalue weighted by molar-refractivity contribution is 0.148. The summed E-state index contributed by atoms with van der Waals surface area (Å²) in [6.45, 7) is 2.02. The molecular weight excluding hydrogens is 202 g/mol. The number of aliphatic hydroxyl groups excluding tert-OH is 1. The summed E-state index contributed by atoms with van der Waals surface area (Å²) in [5, 5.41) is 9.96. The zero-order valence-electron chi connectivity index (χ0n) is 9.26. The van der Waals surface area contributed by atoms with E-state index in [1.165, 1.54) is 0 Å². The first-order valence-corrected chi connectivity index (χ1v) is 5.45. The van der Waals surface area contributed by atoms with Crippen molar-refractivity contribution in [3.8, 4) is 0 Å². The number of pyridine rings is 1. The van der Waals surface area contributed by atoms with Crippen LogP contribution in [0.25, 0.3) is 0 Å². The van der Waals surface area contributed by atoms with Gasteiger partial charge in [-0.3, -0.25) is 4.98 Å². The van der Waals surface area contributed by atoms with Crippen molar-refractivity contribution >= 4 is 0 Å². The smallest absolute Gasteiger partial charge is 0.133 e. The Morgan fingerprint density at radius 1 is 1.38 bits per heavy atom. The van der Waals surface area contributed by atoms with E-state index in [0.29, 0.717) is 12.2 Å². The summed E-state index contributed by atoms with van der Waals surface area (Å²) < 4.78 is 5.50. The number of hydrogen-bond donors (Lipinski definition) is 1. The summed E-state index contributed by atoms with van der Waals surface area (Å²) in [7, 11) is 0. The van der Waals surface area contributed by atoms with Gasteiger partial charge in [-0.05, 0) is 23.8 Å². The topological polar surface area (TPSA) is 46.3 Å². The first-order chi connectivity index (χ1) is 7.79. The highest BCUT2D eigenvalue weighted by Gasteiger charge is 2.12. The van der Waals surface area contributed by atoms with Gasteiger partial charge in [-0.2, -0.15) is 0 Å². The molecule has 16 heavy (non-hydrogen) atoms. The minimum absolute atomic E-state index is 0.532. The van der Waals surface area contributed by atoms with E-state index < -0.39 is 6.10 Å². The van der Waals surface area contributed by atoms with Crippen LogP contribution in [0.2, 0.25) is 0 Å². The molecule has 0 spiro atoms. The number of aromatic nitrogens is 1. The maximum absolute atomic E-state index is 9.96. The van der Waals surface area contributed by atoms with E-state index >= 15 is 0 Å². The van der Waals surface area contributed by atoms with E-state index in [2.05, 4.69) is 4.98 Å². The van der Waals surface area contributed by atoms with Crippen LogP contribution in [-0.2, 0) is 12.8 Å². The van der Waals surface area contributed by atoms with Gasteiger partial charge in [0, 0.05) is 25.2 Å². The Hall–Kier alpha value is -1.61. The second-order valence-electron chi connectivity index (χ2n) is 3.74. The molecule has 0 aliphatic carbocycles. The van der Waals surface area contributed by atoms with Gasteiger partial charge in [-0.25, -0.2) is 0 Å². The second kappa shape index (κ2) is 4.94. The predicted octanol–water partition coefficient (Wildman–Crippen LogP) is 2.51. The quantitative estimate of drug-likeness (QED) is 0.855. The van der Waals surface area contributed by atoms with Crippen LogP contribution in [0.3, 0.4) is 0 Å². The average Bonchev–Trinajstić information content (AvgIpc) is 2.79. The number of furan rings is 1. The molecular formula is C13H15NO2. The fourth-order valence-corrected chi connectivity index (χ4v) is 1.61. The molecule has 3 heteroatoms. The minimum Gasteiger partial charge on any atom is -0.463 e. The Morgan fingerprint density at radius 3 is 2.88 bits per heavy atom. The van der Waals surface area contributed by atoms with Gasteiger partial charge in [0.1, 0.15) is 17.6 Å². The van der Waals surface area contributed by atoms with Crippen LogP contribution in [0.5, 0.6) is 0 Å². The van der Waals surface area contributed by atoms with Gasteiger partial charge >= 0.3 is 0 Å². The van der Waals surface area contributed by atoms with Gasteiger partial charge in [0.2, 0.25) is 0 Å². The molecule has 0 aromatic carbocycles. The lowest BCUT2D eigenvalue weighted by atomic mass is 10.1. The summed E-state index contributed by atoms with van der Waals surface area (Å²) in [5.41, 5.74) is 1.00. The number of aliphatic hydroxyl groups is 1. The van der Waals surface area contributed by atoms with Crippen molar-refractivity contribution in [3.63, 3.8) is 0 Å². The van der Waals surface area contributed by atoms with Crippen molar-refractivity contribution in [2.75, 3.05) is 0 Å². The van der Waals surface area contributed by atoms with E-state index in [0.717, 1.165) is 17.7 Å². The standard InChI is InChI=1S/C13H15NO2/c1-2-11-5-6-13(16-11)12(15)8-10-4-3-7-14-9-10/h3-7,9,12,15H,2,8H2,1H3. The van der Waals surface area contributed by atoms with Gasteiger partial charge < -0.3 is 9.52 Å². The zero-order chi connectivity index (χ0) is 11.4. The molecule has 0 saturated carbocycles. The Kier molecular flexibility index (Phi) is 3.37. The van der Waals surface area contributed by atoms with Crippen molar-refractivity contribution in [1.82, 2.24) is 4.98 Å². The van der Waals surface area contributed by atoms with Crippen LogP contribution < -0.4 is 0 Å². The maximum atomic E-state index is 9.96. The fraction of sp³-hybridized carbons (Fsp3) is 0.308. The first-order valence-electron chi connectivity index (χ1n) is 5.45. The van der Waals surface area contributed by atoms with Crippen LogP contribution in [0.15, 0.2) is 41.1 Å². The third-order valence-electron chi connectivity index (χ3n) is 2.51. The van der Waals surface area contributed by atoms with E-state index in [-0.39, 0.29) is 0 Å². The van der Waals surface area contributed by atoms with Crippen molar-refractivity contribution in [3.05, 3.63) is 53.7 Å². The second-order valence-corrected chi connectivity index (χ2v) is 3.74. The average molecular weight is 217 g/mol. The molecule has 1 unspecified atom stereocenters. The van der Waals surface area contributed by atoms with Crippen molar-refractivity contribution in [1.29, 1.82) is 0 Å². The predicted molar refractivity (Wildman–Crippen MR) is 61.0 cm³/mol. The third-order valence-corrected chi connectivity index (χ3v) is 2.51. The van der Waals surface area contributed by atoms with E-state index in [9.17, 15) is 5.11 Å². The molecule has 2 rings (SSSR count). The molecule has 2 aromatic rings. The van der Waals surface area contributed by atoms with Gasteiger partial charge in [0.15, 0.2) is 0 Å².